The summed E-state index contributed by atoms with van der Waals surface area (Å²) in [5.41, 5.74) is 2.69. The normalized spacial score (nSPS) is 18.2. The van der Waals surface area contributed by atoms with Gasteiger partial charge in [0.2, 0.25) is 5.91 Å². The minimum Gasteiger partial charge on any atom is -0.375 e. The maximum absolute atomic E-state index is 11.9. The lowest BCUT2D eigenvalue weighted by atomic mass is 10.00. The molecule has 1 aliphatic rings. The van der Waals surface area contributed by atoms with Crippen LogP contribution in [0.25, 0.3) is 0 Å². The van der Waals surface area contributed by atoms with E-state index in [4.69, 9.17) is 11.6 Å². The number of anilines is 2. The second kappa shape index (κ2) is 5.55. The quantitative estimate of drug-likeness (QED) is 0.824. The van der Waals surface area contributed by atoms with E-state index in [9.17, 15) is 4.79 Å². The Hall–Kier alpha value is -2.00. The molecule has 1 heterocycles. The number of carbonyl (C=O) groups is 1. The van der Waals surface area contributed by atoms with E-state index >= 15 is 0 Å². The van der Waals surface area contributed by atoms with E-state index in [2.05, 4.69) is 22.8 Å². The van der Waals surface area contributed by atoms with Crippen LogP contribution in [0.5, 0.6) is 0 Å². The monoisotopic (exact) mass is 286 g/mol. The average Bonchev–Trinajstić information content (AvgIpc) is 2.44. The van der Waals surface area contributed by atoms with Crippen LogP contribution in [0.1, 0.15) is 24.4 Å². The van der Waals surface area contributed by atoms with Crippen LogP contribution < -0.4 is 10.6 Å². The minimum atomic E-state index is 0.0240. The van der Waals surface area contributed by atoms with Crippen molar-refractivity contribution in [1.82, 2.24) is 0 Å². The number of fused-ring (bicyclic) bond motifs is 1. The van der Waals surface area contributed by atoms with Gasteiger partial charge in [-0.3, -0.25) is 4.79 Å². The molecule has 1 aliphatic heterocycles. The van der Waals surface area contributed by atoms with Gasteiger partial charge in [0, 0.05) is 6.42 Å². The van der Waals surface area contributed by atoms with Gasteiger partial charge in [0.05, 0.1) is 22.4 Å². The number of hydrogen-bond acceptors (Lipinski definition) is 2. The van der Waals surface area contributed by atoms with Crippen LogP contribution in [-0.2, 0) is 4.79 Å². The van der Waals surface area contributed by atoms with E-state index in [1.54, 1.807) is 0 Å². The standard InChI is InChI=1S/C16H15ClN2O/c17-12-7-4-8-14-16(12)19-13(9-10-15(20)18-14)11-5-2-1-3-6-11/h1-8,13,19H,9-10H2,(H,18,20). The van der Waals surface area contributed by atoms with Crippen LogP contribution in [0.2, 0.25) is 5.02 Å². The smallest absolute Gasteiger partial charge is 0.224 e. The fourth-order valence-electron chi connectivity index (χ4n) is 2.44. The highest BCUT2D eigenvalue weighted by molar-refractivity contribution is 6.34. The average molecular weight is 287 g/mol. The van der Waals surface area contributed by atoms with Gasteiger partial charge in [0.15, 0.2) is 0 Å². The topological polar surface area (TPSA) is 41.1 Å². The maximum atomic E-state index is 11.9. The second-order valence-corrected chi connectivity index (χ2v) is 5.26. The van der Waals surface area contributed by atoms with E-state index in [0.717, 1.165) is 23.4 Å². The first kappa shape index (κ1) is 13.0. The summed E-state index contributed by atoms with van der Waals surface area (Å²) in [6.45, 7) is 0. The van der Waals surface area contributed by atoms with Crippen molar-refractivity contribution in [2.45, 2.75) is 18.9 Å². The number of para-hydroxylation sites is 1. The van der Waals surface area contributed by atoms with E-state index < -0.39 is 0 Å². The predicted molar refractivity (Wildman–Crippen MR) is 82.1 cm³/mol. The van der Waals surface area contributed by atoms with Crippen molar-refractivity contribution in [3.63, 3.8) is 0 Å². The first-order chi connectivity index (χ1) is 9.74. The van der Waals surface area contributed by atoms with E-state index in [-0.39, 0.29) is 11.9 Å². The lowest BCUT2D eigenvalue weighted by molar-refractivity contribution is -0.116. The number of halogens is 1. The number of rotatable bonds is 1. The Morgan fingerprint density at radius 2 is 1.85 bits per heavy atom. The third-order valence-corrected chi connectivity index (χ3v) is 3.78. The molecule has 0 aromatic heterocycles. The molecule has 1 atom stereocenters. The third-order valence-electron chi connectivity index (χ3n) is 3.47. The van der Waals surface area contributed by atoms with E-state index in [1.165, 1.54) is 0 Å². The minimum absolute atomic E-state index is 0.0240. The van der Waals surface area contributed by atoms with Crippen molar-refractivity contribution in [3.05, 3.63) is 59.1 Å². The Morgan fingerprint density at radius 1 is 1.05 bits per heavy atom. The molecule has 3 rings (SSSR count). The first-order valence-corrected chi connectivity index (χ1v) is 7.01. The summed E-state index contributed by atoms with van der Waals surface area (Å²) in [5, 5.41) is 6.96. The summed E-state index contributed by atoms with van der Waals surface area (Å²) in [6, 6.07) is 15.7. The number of amides is 1. The van der Waals surface area contributed by atoms with Crippen molar-refractivity contribution in [1.29, 1.82) is 0 Å². The van der Waals surface area contributed by atoms with Crippen LogP contribution in [-0.4, -0.2) is 5.91 Å². The van der Waals surface area contributed by atoms with Gasteiger partial charge in [-0.25, -0.2) is 0 Å². The van der Waals surface area contributed by atoms with E-state index in [1.807, 2.05) is 36.4 Å². The summed E-state index contributed by atoms with van der Waals surface area (Å²) in [5.74, 6) is 0.0240. The largest absolute Gasteiger partial charge is 0.375 e. The van der Waals surface area contributed by atoms with Gasteiger partial charge in [-0.05, 0) is 24.1 Å². The second-order valence-electron chi connectivity index (χ2n) is 4.86. The Morgan fingerprint density at radius 3 is 2.65 bits per heavy atom. The lowest BCUT2D eigenvalue weighted by Gasteiger charge is -2.25. The molecule has 0 spiro atoms. The fourth-order valence-corrected chi connectivity index (χ4v) is 2.67. The third kappa shape index (κ3) is 2.63. The molecular weight excluding hydrogens is 272 g/mol. The molecule has 0 aliphatic carbocycles. The Labute approximate surface area is 123 Å². The van der Waals surface area contributed by atoms with Crippen molar-refractivity contribution < 1.29 is 4.79 Å². The number of benzene rings is 2. The Bertz CT molecular complexity index is 628. The summed E-state index contributed by atoms with van der Waals surface area (Å²) in [6.07, 6.45) is 1.22. The molecule has 0 fully saturated rings. The summed E-state index contributed by atoms with van der Waals surface area (Å²) < 4.78 is 0. The van der Waals surface area contributed by atoms with Crippen LogP contribution in [0.4, 0.5) is 11.4 Å². The molecule has 0 saturated carbocycles. The number of carbonyl (C=O) groups excluding carboxylic acids is 1. The van der Waals surface area contributed by atoms with Crippen molar-refractivity contribution >= 4 is 28.9 Å². The Kier molecular flexibility index (Phi) is 3.61. The first-order valence-electron chi connectivity index (χ1n) is 6.64. The van der Waals surface area contributed by atoms with Gasteiger partial charge in [-0.2, -0.15) is 0 Å². The van der Waals surface area contributed by atoms with E-state index in [0.29, 0.717) is 11.4 Å². The molecule has 102 valence electrons. The van der Waals surface area contributed by atoms with Gasteiger partial charge in [0.1, 0.15) is 0 Å². The maximum Gasteiger partial charge on any atom is 0.224 e. The zero-order chi connectivity index (χ0) is 13.9. The van der Waals surface area contributed by atoms with Gasteiger partial charge in [-0.1, -0.05) is 48.0 Å². The highest BCUT2D eigenvalue weighted by atomic mass is 35.5. The fraction of sp³-hybridized carbons (Fsp3) is 0.188. The van der Waals surface area contributed by atoms with Gasteiger partial charge < -0.3 is 10.6 Å². The molecule has 3 nitrogen and oxygen atoms in total. The zero-order valence-electron chi connectivity index (χ0n) is 10.9. The molecular formula is C16H15ClN2O. The molecule has 1 unspecified atom stereocenters. The predicted octanol–water partition coefficient (Wildman–Crippen LogP) is 4.23. The molecule has 0 saturated heterocycles. The van der Waals surface area contributed by atoms with Crippen molar-refractivity contribution in [3.8, 4) is 0 Å². The lowest BCUT2D eigenvalue weighted by Crippen LogP contribution is -2.21. The molecule has 2 aromatic carbocycles. The zero-order valence-corrected chi connectivity index (χ0v) is 11.7. The highest BCUT2D eigenvalue weighted by Gasteiger charge is 2.20. The van der Waals surface area contributed by atoms with Crippen molar-refractivity contribution in [2.24, 2.45) is 0 Å². The Balaban J connectivity index is 2.00. The molecule has 0 radical (unpaired) electrons. The molecule has 2 aromatic rings. The SMILES string of the molecule is O=C1CCC(c2ccccc2)Nc2c(Cl)cccc2N1. The molecule has 2 N–H and O–H groups in total. The summed E-state index contributed by atoms with van der Waals surface area (Å²) in [4.78, 5) is 11.9. The van der Waals surface area contributed by atoms with Gasteiger partial charge in [-0.15, -0.1) is 0 Å². The number of nitrogens with one attached hydrogen (secondary N) is 2. The molecule has 1 amide bonds. The van der Waals surface area contributed by atoms with Crippen molar-refractivity contribution in [2.75, 3.05) is 10.6 Å². The summed E-state index contributed by atoms with van der Waals surface area (Å²) in [7, 11) is 0. The summed E-state index contributed by atoms with van der Waals surface area (Å²) >= 11 is 6.25. The van der Waals surface area contributed by atoms with Crippen LogP contribution >= 0.6 is 11.6 Å². The van der Waals surface area contributed by atoms with Crippen LogP contribution in [0.3, 0.4) is 0 Å². The molecule has 0 bridgehead atoms. The van der Waals surface area contributed by atoms with Crippen LogP contribution in [0, 0.1) is 0 Å². The van der Waals surface area contributed by atoms with Gasteiger partial charge >= 0.3 is 0 Å². The molecule has 4 heteroatoms. The van der Waals surface area contributed by atoms with Crippen LogP contribution in [0.15, 0.2) is 48.5 Å². The van der Waals surface area contributed by atoms with Gasteiger partial charge in [0.25, 0.3) is 0 Å². The molecule has 20 heavy (non-hydrogen) atoms. The highest BCUT2D eigenvalue weighted by Crippen LogP contribution is 2.36. The number of hydrogen-bond donors (Lipinski definition) is 2.